The highest BCUT2D eigenvalue weighted by atomic mass is 19.4. The minimum absolute atomic E-state index is 3.56. The number of hydrogen-bond donors (Lipinski definition) is 0. The van der Waals surface area contributed by atoms with Gasteiger partial charge in [-0.25, -0.2) is 22.0 Å². The van der Waals surface area contributed by atoms with E-state index in [1.165, 1.54) is 0 Å². The first-order chi connectivity index (χ1) is 16.8. The number of carbonyl (C=O) groups is 1. The lowest BCUT2D eigenvalue weighted by Crippen LogP contribution is -2.79. The van der Waals surface area contributed by atoms with Gasteiger partial charge in [-0.2, -0.15) is 74.6 Å². The molecule has 39 heavy (non-hydrogen) atoms. The fraction of sp³-hybridized carbons (Fsp3) is 0.562. The van der Waals surface area contributed by atoms with E-state index in [1.807, 2.05) is 0 Å². The lowest BCUT2D eigenvalue weighted by Gasteiger charge is -2.48. The number of Topliss-reactive ketones (excluding diaryl/α,β-unsaturated/α-hetero) is 1. The number of halogens is 22. The minimum Gasteiger partial charge on any atom is -0.290 e. The Bertz CT molecular complexity index is 1210. The first-order valence-corrected chi connectivity index (χ1v) is 8.61. The quantitative estimate of drug-likeness (QED) is 0.187. The third kappa shape index (κ3) is 3.29. The molecule has 0 spiro atoms. The van der Waals surface area contributed by atoms with Crippen LogP contribution in [-0.4, -0.2) is 53.2 Å². The van der Waals surface area contributed by atoms with Gasteiger partial charge in [-0.1, -0.05) is 0 Å². The molecule has 1 nitrogen and oxygen atoms in total. The van der Waals surface area contributed by atoms with Crippen molar-refractivity contribution in [2.75, 3.05) is 0 Å². The van der Waals surface area contributed by atoms with E-state index in [1.54, 1.807) is 0 Å². The monoisotopic (exact) mass is 626 g/mol. The summed E-state index contributed by atoms with van der Waals surface area (Å²) in [7, 11) is 0. The molecule has 0 aliphatic heterocycles. The topological polar surface area (TPSA) is 17.1 Å². The second kappa shape index (κ2) is 7.97. The fourth-order valence-corrected chi connectivity index (χ4v) is 3.15. The molecule has 0 heterocycles. The van der Waals surface area contributed by atoms with Gasteiger partial charge in [0.1, 0.15) is 0 Å². The van der Waals surface area contributed by atoms with Crippen molar-refractivity contribution in [2.24, 2.45) is 0 Å². The number of alkyl halides is 18. The predicted molar refractivity (Wildman–Crippen MR) is 74.1 cm³/mol. The average Bonchev–Trinajstić information content (AvgIpc) is 2.76. The van der Waals surface area contributed by atoms with Crippen LogP contribution in [-0.2, 0) is 5.92 Å². The molecule has 1 unspecified atom stereocenters. The van der Waals surface area contributed by atoms with Crippen molar-refractivity contribution in [1.82, 2.24) is 0 Å². The smallest absolute Gasteiger partial charge is 0.290 e. The minimum atomic E-state index is -9.16. The van der Waals surface area contributed by atoms with E-state index in [-0.39, 0.29) is 0 Å². The average molecular weight is 626 g/mol. The molecule has 2 rings (SSSR count). The van der Waals surface area contributed by atoms with Gasteiger partial charge in [0.25, 0.3) is 0 Å². The number of ketones is 1. The maximum Gasteiger partial charge on any atom is 0.460 e. The van der Waals surface area contributed by atoms with E-state index in [0.717, 1.165) is 0 Å². The highest BCUT2D eigenvalue weighted by Gasteiger charge is 2.98. The van der Waals surface area contributed by atoms with Gasteiger partial charge in [0.15, 0.2) is 23.3 Å². The van der Waals surface area contributed by atoms with Crippen LogP contribution >= 0.6 is 0 Å². The van der Waals surface area contributed by atoms with Crippen LogP contribution in [0, 0.1) is 23.3 Å². The van der Waals surface area contributed by atoms with E-state index >= 15 is 0 Å². The highest BCUT2D eigenvalue weighted by molar-refractivity contribution is 6.07. The summed E-state index contributed by atoms with van der Waals surface area (Å²) in [5.41, 5.74) is -16.0. The zero-order chi connectivity index (χ0) is 31.5. The van der Waals surface area contributed by atoms with E-state index in [0.29, 0.717) is 0 Å². The SMILES string of the molecule is O=C1c2c(F)c(F)c(F)c(F)c2C(F)(F)C(F)(F)C1(F)C(F)(F)C(F)(F)C(F)(F)C(F)(F)C(F)(F)C(F)(F)F. The Morgan fingerprint density at radius 2 is 0.846 bits per heavy atom. The maximum atomic E-state index is 14.9. The van der Waals surface area contributed by atoms with Crippen molar-refractivity contribution in [3.63, 3.8) is 0 Å². The van der Waals surface area contributed by atoms with Crippen molar-refractivity contribution in [3.8, 4) is 0 Å². The van der Waals surface area contributed by atoms with E-state index in [4.69, 9.17) is 0 Å². The van der Waals surface area contributed by atoms with Crippen LogP contribution in [0.4, 0.5) is 96.6 Å². The molecule has 224 valence electrons. The highest BCUT2D eigenvalue weighted by Crippen LogP contribution is 2.68. The van der Waals surface area contributed by atoms with Crippen LogP contribution in [0.15, 0.2) is 0 Å². The van der Waals surface area contributed by atoms with Gasteiger partial charge >= 0.3 is 53.3 Å². The summed E-state index contributed by atoms with van der Waals surface area (Å²) in [6.07, 6.45) is -8.04. The molecule has 1 aromatic rings. The van der Waals surface area contributed by atoms with Crippen molar-refractivity contribution in [1.29, 1.82) is 0 Å². The van der Waals surface area contributed by atoms with Gasteiger partial charge in [0.2, 0.25) is 5.78 Å². The summed E-state index contributed by atoms with van der Waals surface area (Å²) >= 11 is 0. The third-order valence-electron chi connectivity index (χ3n) is 5.31. The van der Waals surface area contributed by atoms with Crippen molar-refractivity contribution >= 4 is 5.78 Å². The van der Waals surface area contributed by atoms with E-state index in [2.05, 4.69) is 0 Å². The molecule has 1 aliphatic carbocycles. The largest absolute Gasteiger partial charge is 0.460 e. The van der Waals surface area contributed by atoms with Gasteiger partial charge < -0.3 is 0 Å². The Morgan fingerprint density at radius 3 is 1.23 bits per heavy atom. The van der Waals surface area contributed by atoms with Crippen molar-refractivity contribution in [3.05, 3.63) is 34.4 Å². The Hall–Kier alpha value is -2.65. The molecule has 0 fully saturated rings. The van der Waals surface area contributed by atoms with Crippen LogP contribution < -0.4 is 0 Å². The zero-order valence-corrected chi connectivity index (χ0v) is 16.7. The molecule has 0 bridgehead atoms. The second-order valence-electron chi connectivity index (χ2n) is 7.51. The van der Waals surface area contributed by atoms with Crippen LogP contribution in [0.3, 0.4) is 0 Å². The summed E-state index contributed by atoms with van der Waals surface area (Å²) in [6.45, 7) is 0. The third-order valence-corrected chi connectivity index (χ3v) is 5.31. The van der Waals surface area contributed by atoms with Gasteiger partial charge in [-0.05, 0) is 0 Å². The summed E-state index contributed by atoms with van der Waals surface area (Å²) in [5, 5.41) is 0. The lowest BCUT2D eigenvalue weighted by molar-refractivity contribution is -0.453. The number of benzene rings is 1. The molecule has 23 heteroatoms. The van der Waals surface area contributed by atoms with Gasteiger partial charge in [0.05, 0.1) is 11.1 Å². The summed E-state index contributed by atoms with van der Waals surface area (Å²) < 4.78 is 298. The molecular weight excluding hydrogens is 626 g/mol. The van der Waals surface area contributed by atoms with E-state index in [9.17, 15) is 101 Å². The second-order valence-corrected chi connectivity index (χ2v) is 7.51. The van der Waals surface area contributed by atoms with Crippen molar-refractivity contribution in [2.45, 2.75) is 53.3 Å². The number of rotatable bonds is 5. The Morgan fingerprint density at radius 1 is 0.487 bits per heavy atom. The van der Waals surface area contributed by atoms with Gasteiger partial charge in [-0.3, -0.25) is 4.79 Å². The molecule has 0 saturated heterocycles. The zero-order valence-electron chi connectivity index (χ0n) is 16.7. The molecule has 0 radical (unpaired) electrons. The summed E-state index contributed by atoms with van der Waals surface area (Å²) in [5.74, 6) is -80.0. The fourth-order valence-electron chi connectivity index (χ4n) is 3.15. The molecule has 0 saturated carbocycles. The van der Waals surface area contributed by atoms with Crippen LogP contribution in [0.2, 0.25) is 0 Å². The van der Waals surface area contributed by atoms with Crippen LogP contribution in [0.1, 0.15) is 15.9 Å². The number of fused-ring (bicyclic) bond motifs is 1. The first kappa shape index (κ1) is 32.6. The molecule has 0 aromatic heterocycles. The molecule has 1 aromatic carbocycles. The van der Waals surface area contributed by atoms with E-state index < -0.39 is 93.5 Å². The predicted octanol–water partition coefficient (Wildman–Crippen LogP) is 7.61. The Balaban J connectivity index is 3.03. The number of hydrogen-bond acceptors (Lipinski definition) is 1. The van der Waals surface area contributed by atoms with Crippen LogP contribution in [0.5, 0.6) is 0 Å². The molecule has 1 atom stereocenters. The van der Waals surface area contributed by atoms with Crippen LogP contribution in [0.25, 0.3) is 0 Å². The summed E-state index contributed by atoms with van der Waals surface area (Å²) in [6, 6.07) is 0. The maximum absolute atomic E-state index is 14.9. The first-order valence-electron chi connectivity index (χ1n) is 8.61. The Kier molecular flexibility index (Phi) is 6.65. The van der Waals surface area contributed by atoms with Crippen molar-refractivity contribution < 1.29 is 101 Å². The van der Waals surface area contributed by atoms with Gasteiger partial charge in [0, 0.05) is 0 Å². The Labute approximate surface area is 196 Å². The molecule has 0 amide bonds. The summed E-state index contributed by atoms with van der Waals surface area (Å²) in [4.78, 5) is 11.8. The van der Waals surface area contributed by atoms with Gasteiger partial charge in [-0.15, -0.1) is 0 Å². The molecule has 0 N–H and O–H groups in total. The normalized spacial score (nSPS) is 22.7. The number of carbonyl (C=O) groups excluding carboxylic acids is 1. The standard InChI is InChI=1S/C16F22O/c17-3-1-2(4(18)6(20)5(3)19)9(22,23)10(24,25)8(21,7(1)39)11(26,27)12(28,29)13(30,31)14(32,33)15(34,35)16(36,37)38. The molecular formula is C16F22O. The lowest BCUT2D eigenvalue weighted by atomic mass is 9.69. The molecule has 1 aliphatic rings.